The summed E-state index contributed by atoms with van der Waals surface area (Å²) in [5.74, 6) is 2.35. The molecular weight excluding hydrogens is 274 g/mol. The molecule has 4 aliphatic rings. The van der Waals surface area contributed by atoms with Gasteiger partial charge in [0.2, 0.25) is 5.91 Å². The minimum Gasteiger partial charge on any atom is -0.352 e. The van der Waals surface area contributed by atoms with Gasteiger partial charge in [0.15, 0.2) is 0 Å². The summed E-state index contributed by atoms with van der Waals surface area (Å²) in [5.41, 5.74) is -0.180. The predicted octanol–water partition coefficient (Wildman–Crippen LogP) is 1.75. The third kappa shape index (κ3) is 2.74. The van der Waals surface area contributed by atoms with Crippen LogP contribution in [0.25, 0.3) is 0 Å². The topological polar surface area (TPSA) is 63.2 Å². The highest BCUT2D eigenvalue weighted by Gasteiger charge is 2.54. The summed E-state index contributed by atoms with van der Waals surface area (Å²) in [7, 11) is -3.04. The Hall–Kier alpha value is -0.580. The number of amides is 1. The maximum absolute atomic E-state index is 12.7. The van der Waals surface area contributed by atoms with Gasteiger partial charge in [0.1, 0.15) is 9.84 Å². The van der Waals surface area contributed by atoms with Gasteiger partial charge in [-0.3, -0.25) is 4.79 Å². The lowest BCUT2D eigenvalue weighted by atomic mass is 9.49. The Labute approximate surface area is 121 Å². The van der Waals surface area contributed by atoms with Crippen molar-refractivity contribution < 1.29 is 13.2 Å². The van der Waals surface area contributed by atoms with Gasteiger partial charge >= 0.3 is 0 Å². The zero-order chi connectivity index (χ0) is 14.5. The quantitative estimate of drug-likeness (QED) is 0.860. The fourth-order valence-corrected chi connectivity index (χ4v) is 6.25. The van der Waals surface area contributed by atoms with Gasteiger partial charge in [0.05, 0.1) is 5.75 Å². The van der Waals surface area contributed by atoms with Gasteiger partial charge in [-0.15, -0.1) is 0 Å². The van der Waals surface area contributed by atoms with Crippen molar-refractivity contribution in [2.75, 3.05) is 12.0 Å². The van der Waals surface area contributed by atoms with Crippen molar-refractivity contribution in [3.8, 4) is 0 Å². The number of hydrogen-bond acceptors (Lipinski definition) is 3. The first-order valence-corrected chi connectivity index (χ1v) is 9.80. The smallest absolute Gasteiger partial charge is 0.226 e. The van der Waals surface area contributed by atoms with Crippen LogP contribution in [0.2, 0.25) is 0 Å². The third-order valence-corrected chi connectivity index (χ3v) is 6.56. The Morgan fingerprint density at radius 3 is 2.00 bits per heavy atom. The summed E-state index contributed by atoms with van der Waals surface area (Å²) in [5, 5.41) is 2.98. The molecule has 4 aliphatic carbocycles. The standard InChI is InChI=1S/C15H25NO3S/c1-10(9-20(2,18)19)16-14(17)15-6-11-3-12(7-15)5-13(4-11)8-15/h10-13H,3-9H2,1-2H3,(H,16,17)/t10-,11?,12?,13?,15?/m1/s1. The molecule has 0 aromatic rings. The largest absolute Gasteiger partial charge is 0.352 e. The first-order valence-electron chi connectivity index (χ1n) is 7.74. The van der Waals surface area contributed by atoms with E-state index in [9.17, 15) is 13.2 Å². The molecule has 1 atom stereocenters. The number of sulfone groups is 1. The van der Waals surface area contributed by atoms with E-state index in [2.05, 4.69) is 5.32 Å². The molecule has 4 fully saturated rings. The number of hydrogen-bond donors (Lipinski definition) is 1. The fraction of sp³-hybridized carbons (Fsp3) is 0.933. The van der Waals surface area contributed by atoms with E-state index in [1.54, 1.807) is 6.92 Å². The van der Waals surface area contributed by atoms with E-state index in [1.165, 1.54) is 25.5 Å². The molecule has 4 bridgehead atoms. The normalized spacial score (nSPS) is 40.6. The fourth-order valence-electron chi connectivity index (χ4n) is 5.26. The van der Waals surface area contributed by atoms with Gasteiger partial charge in [-0.1, -0.05) is 0 Å². The van der Waals surface area contributed by atoms with Crippen LogP contribution in [-0.2, 0) is 14.6 Å². The number of nitrogens with one attached hydrogen (secondary N) is 1. The molecule has 0 aromatic carbocycles. The van der Waals surface area contributed by atoms with Crippen molar-refractivity contribution in [1.29, 1.82) is 0 Å². The summed E-state index contributed by atoms with van der Waals surface area (Å²) >= 11 is 0. The molecule has 4 rings (SSSR count). The van der Waals surface area contributed by atoms with Crippen LogP contribution in [0, 0.1) is 23.2 Å². The molecule has 1 amide bonds. The highest BCUT2D eigenvalue weighted by Crippen LogP contribution is 2.60. The van der Waals surface area contributed by atoms with Crippen LogP contribution >= 0.6 is 0 Å². The molecule has 0 aromatic heterocycles. The van der Waals surface area contributed by atoms with Gasteiger partial charge in [0, 0.05) is 17.7 Å². The minimum absolute atomic E-state index is 0.0328. The van der Waals surface area contributed by atoms with Gasteiger partial charge in [-0.2, -0.15) is 0 Å². The summed E-state index contributed by atoms with van der Waals surface area (Å²) in [4.78, 5) is 12.7. The molecule has 0 heterocycles. The van der Waals surface area contributed by atoms with E-state index >= 15 is 0 Å². The number of carbonyl (C=O) groups excluding carboxylic acids is 1. The molecule has 0 radical (unpaired) electrons. The molecule has 20 heavy (non-hydrogen) atoms. The summed E-state index contributed by atoms with van der Waals surface area (Å²) in [6.07, 6.45) is 8.23. The molecular formula is C15H25NO3S. The van der Waals surface area contributed by atoms with Crippen molar-refractivity contribution in [3.63, 3.8) is 0 Å². The monoisotopic (exact) mass is 299 g/mol. The molecule has 0 spiro atoms. The third-order valence-electron chi connectivity index (χ3n) is 5.45. The first kappa shape index (κ1) is 14.4. The molecule has 5 heteroatoms. The Kier molecular flexibility index (Phi) is 3.39. The Morgan fingerprint density at radius 1 is 1.15 bits per heavy atom. The van der Waals surface area contributed by atoms with Gasteiger partial charge in [-0.05, 0) is 63.2 Å². The van der Waals surface area contributed by atoms with Crippen LogP contribution in [0.3, 0.4) is 0 Å². The molecule has 0 saturated heterocycles. The van der Waals surface area contributed by atoms with Crippen molar-refractivity contribution in [1.82, 2.24) is 5.32 Å². The predicted molar refractivity (Wildman–Crippen MR) is 77.9 cm³/mol. The van der Waals surface area contributed by atoms with E-state index in [4.69, 9.17) is 0 Å². The summed E-state index contributed by atoms with van der Waals surface area (Å²) < 4.78 is 22.6. The summed E-state index contributed by atoms with van der Waals surface area (Å²) in [6.45, 7) is 1.79. The SMILES string of the molecule is C[C@H](CS(C)(=O)=O)NC(=O)C12CC3CC(CC(C3)C1)C2. The van der Waals surface area contributed by atoms with Crippen LogP contribution in [-0.4, -0.2) is 32.4 Å². The van der Waals surface area contributed by atoms with E-state index < -0.39 is 9.84 Å². The van der Waals surface area contributed by atoms with E-state index in [0.717, 1.165) is 37.0 Å². The average Bonchev–Trinajstić information content (AvgIpc) is 2.23. The molecule has 1 N–H and O–H groups in total. The lowest BCUT2D eigenvalue weighted by Crippen LogP contribution is -2.55. The number of carbonyl (C=O) groups is 1. The molecule has 4 nitrogen and oxygen atoms in total. The second-order valence-electron chi connectivity index (χ2n) is 7.66. The van der Waals surface area contributed by atoms with E-state index in [1.807, 2.05) is 0 Å². The van der Waals surface area contributed by atoms with E-state index in [0.29, 0.717) is 0 Å². The van der Waals surface area contributed by atoms with Crippen molar-refractivity contribution in [3.05, 3.63) is 0 Å². The maximum Gasteiger partial charge on any atom is 0.226 e. The summed E-state index contributed by atoms with van der Waals surface area (Å²) in [6, 6.07) is -0.287. The molecule has 0 aliphatic heterocycles. The highest BCUT2D eigenvalue weighted by atomic mass is 32.2. The molecule has 114 valence electrons. The highest BCUT2D eigenvalue weighted by molar-refractivity contribution is 7.90. The van der Waals surface area contributed by atoms with Crippen LogP contribution in [0.5, 0.6) is 0 Å². The second kappa shape index (κ2) is 4.72. The minimum atomic E-state index is -3.04. The lowest BCUT2D eigenvalue weighted by Gasteiger charge is -2.55. The Bertz CT molecular complexity index is 476. The van der Waals surface area contributed by atoms with Crippen LogP contribution in [0.1, 0.15) is 45.4 Å². The van der Waals surface area contributed by atoms with Gasteiger partial charge in [-0.25, -0.2) is 8.42 Å². The lowest BCUT2D eigenvalue weighted by molar-refractivity contribution is -0.146. The second-order valence-corrected chi connectivity index (χ2v) is 9.85. The molecule has 4 saturated carbocycles. The van der Waals surface area contributed by atoms with Gasteiger partial charge < -0.3 is 5.32 Å². The number of rotatable bonds is 4. The molecule has 0 unspecified atom stereocenters. The first-order chi connectivity index (χ1) is 9.26. The Balaban J connectivity index is 1.68. The maximum atomic E-state index is 12.7. The zero-order valence-electron chi connectivity index (χ0n) is 12.4. The zero-order valence-corrected chi connectivity index (χ0v) is 13.2. The van der Waals surface area contributed by atoms with Crippen molar-refractivity contribution in [2.45, 2.75) is 51.5 Å². The van der Waals surface area contributed by atoms with Crippen LogP contribution < -0.4 is 5.32 Å². The Morgan fingerprint density at radius 2 is 1.60 bits per heavy atom. The van der Waals surface area contributed by atoms with E-state index in [-0.39, 0.29) is 23.1 Å². The van der Waals surface area contributed by atoms with Crippen molar-refractivity contribution in [2.24, 2.45) is 23.2 Å². The van der Waals surface area contributed by atoms with Crippen molar-refractivity contribution >= 4 is 15.7 Å². The average molecular weight is 299 g/mol. The van der Waals surface area contributed by atoms with Crippen LogP contribution in [0.4, 0.5) is 0 Å². The van der Waals surface area contributed by atoms with Gasteiger partial charge in [0.25, 0.3) is 0 Å². The van der Waals surface area contributed by atoms with Crippen LogP contribution in [0.15, 0.2) is 0 Å².